The van der Waals surface area contributed by atoms with Crippen LogP contribution in [0.1, 0.15) is 56.3 Å². The van der Waals surface area contributed by atoms with E-state index in [0.717, 1.165) is 25.2 Å². The molecule has 1 N–H and O–H groups in total. The summed E-state index contributed by atoms with van der Waals surface area (Å²) < 4.78 is 0. The summed E-state index contributed by atoms with van der Waals surface area (Å²) in [5.74, 6) is 1.19. The predicted molar refractivity (Wildman–Crippen MR) is 92.1 cm³/mol. The summed E-state index contributed by atoms with van der Waals surface area (Å²) in [7, 11) is 0. The Balaban J connectivity index is 1.91. The first-order valence-electron chi connectivity index (χ1n) is 8.34. The van der Waals surface area contributed by atoms with Gasteiger partial charge >= 0.3 is 0 Å². The molecule has 0 aliphatic carbocycles. The van der Waals surface area contributed by atoms with Gasteiger partial charge in [0.1, 0.15) is 0 Å². The van der Waals surface area contributed by atoms with E-state index in [0.29, 0.717) is 0 Å². The Morgan fingerprint density at radius 3 is 2.67 bits per heavy atom. The van der Waals surface area contributed by atoms with Crippen LogP contribution in [0.3, 0.4) is 0 Å². The van der Waals surface area contributed by atoms with Crippen molar-refractivity contribution in [3.63, 3.8) is 0 Å². The molecule has 21 heavy (non-hydrogen) atoms. The van der Waals surface area contributed by atoms with Gasteiger partial charge in [-0.05, 0) is 62.2 Å². The molecule has 2 nitrogen and oxygen atoms in total. The van der Waals surface area contributed by atoms with Crippen LogP contribution >= 0.6 is 11.8 Å². The molecule has 1 aliphatic heterocycles. The number of aliphatic hydroxyl groups is 1. The summed E-state index contributed by atoms with van der Waals surface area (Å²) in [6.45, 7) is 7.45. The summed E-state index contributed by atoms with van der Waals surface area (Å²) in [6.07, 6.45) is 6.06. The quantitative estimate of drug-likeness (QED) is 0.596. The zero-order valence-electron chi connectivity index (χ0n) is 13.5. The van der Waals surface area contributed by atoms with Crippen molar-refractivity contribution in [1.29, 1.82) is 0 Å². The van der Waals surface area contributed by atoms with Crippen LogP contribution in [0.25, 0.3) is 0 Å². The van der Waals surface area contributed by atoms with Crippen molar-refractivity contribution in [1.82, 2.24) is 4.90 Å². The molecule has 0 bridgehead atoms. The second-order valence-electron chi connectivity index (χ2n) is 6.10. The SMILES string of the molecule is CCCCSc1ccc(C(O)CN2CCCCC2)cc1C. The van der Waals surface area contributed by atoms with Crippen molar-refractivity contribution in [2.45, 2.75) is 57.0 Å². The second kappa shape index (κ2) is 8.82. The number of unbranched alkanes of at least 4 members (excludes halogenated alkanes) is 1. The molecule has 1 fully saturated rings. The van der Waals surface area contributed by atoms with Gasteiger partial charge in [-0.2, -0.15) is 0 Å². The maximum Gasteiger partial charge on any atom is 0.0917 e. The van der Waals surface area contributed by atoms with Crippen molar-refractivity contribution in [3.8, 4) is 0 Å². The number of β-amino-alcohol motifs (C(OH)–C–C–N with tert-alkyl or cyclic N) is 1. The first-order valence-corrected chi connectivity index (χ1v) is 9.33. The number of nitrogens with zero attached hydrogens (tertiary/aromatic N) is 1. The Kier molecular flexibility index (Phi) is 7.08. The summed E-state index contributed by atoms with van der Waals surface area (Å²) in [5.41, 5.74) is 2.37. The molecule has 0 radical (unpaired) electrons. The van der Waals surface area contributed by atoms with Crippen LogP contribution in [0.5, 0.6) is 0 Å². The van der Waals surface area contributed by atoms with E-state index in [2.05, 4.69) is 36.9 Å². The van der Waals surface area contributed by atoms with Gasteiger partial charge < -0.3 is 10.0 Å². The number of benzene rings is 1. The van der Waals surface area contributed by atoms with Gasteiger partial charge in [0, 0.05) is 11.4 Å². The van der Waals surface area contributed by atoms with Gasteiger partial charge in [-0.15, -0.1) is 11.8 Å². The van der Waals surface area contributed by atoms with Crippen molar-refractivity contribution in [2.75, 3.05) is 25.4 Å². The van der Waals surface area contributed by atoms with E-state index in [1.165, 1.54) is 48.3 Å². The Hall–Kier alpha value is -0.510. The molecule has 1 heterocycles. The molecule has 1 unspecified atom stereocenters. The van der Waals surface area contributed by atoms with Crippen LogP contribution in [0.2, 0.25) is 0 Å². The third kappa shape index (κ3) is 5.32. The molecule has 1 atom stereocenters. The van der Waals surface area contributed by atoms with Crippen molar-refractivity contribution < 1.29 is 5.11 Å². The average molecular weight is 308 g/mol. The highest BCUT2D eigenvalue weighted by Gasteiger charge is 2.16. The molecule has 0 amide bonds. The Morgan fingerprint density at radius 2 is 2.00 bits per heavy atom. The van der Waals surface area contributed by atoms with Gasteiger partial charge in [0.25, 0.3) is 0 Å². The monoisotopic (exact) mass is 307 g/mol. The minimum Gasteiger partial charge on any atom is -0.387 e. The van der Waals surface area contributed by atoms with Crippen LogP contribution in [0, 0.1) is 6.92 Å². The first kappa shape index (κ1) is 16.9. The van der Waals surface area contributed by atoms with Gasteiger partial charge in [0.05, 0.1) is 6.10 Å². The number of thioether (sulfide) groups is 1. The number of rotatable bonds is 7. The zero-order valence-corrected chi connectivity index (χ0v) is 14.3. The summed E-state index contributed by atoms with van der Waals surface area (Å²) in [4.78, 5) is 3.75. The minimum absolute atomic E-state index is 0.350. The number of piperidine rings is 1. The molecule has 0 spiro atoms. The van der Waals surface area contributed by atoms with Crippen molar-refractivity contribution >= 4 is 11.8 Å². The van der Waals surface area contributed by atoms with Gasteiger partial charge in [0.15, 0.2) is 0 Å². The van der Waals surface area contributed by atoms with Gasteiger partial charge in [-0.25, -0.2) is 0 Å². The third-order valence-electron chi connectivity index (χ3n) is 4.22. The van der Waals surface area contributed by atoms with Crippen molar-refractivity contribution in [3.05, 3.63) is 29.3 Å². The number of aryl methyl sites for hydroxylation is 1. The summed E-state index contributed by atoms with van der Waals surface area (Å²) in [5, 5.41) is 10.5. The molecular weight excluding hydrogens is 278 g/mol. The number of hydrogen-bond acceptors (Lipinski definition) is 3. The highest BCUT2D eigenvalue weighted by molar-refractivity contribution is 7.99. The van der Waals surface area contributed by atoms with Gasteiger partial charge in [0.2, 0.25) is 0 Å². The third-order valence-corrected chi connectivity index (χ3v) is 5.48. The zero-order chi connectivity index (χ0) is 15.1. The van der Waals surface area contributed by atoms with Gasteiger partial charge in [-0.3, -0.25) is 0 Å². The number of hydrogen-bond donors (Lipinski definition) is 1. The minimum atomic E-state index is -0.350. The second-order valence-corrected chi connectivity index (χ2v) is 7.24. The lowest BCUT2D eigenvalue weighted by Crippen LogP contribution is -2.33. The Bertz CT molecular complexity index is 429. The van der Waals surface area contributed by atoms with Crippen molar-refractivity contribution in [2.24, 2.45) is 0 Å². The molecular formula is C18H29NOS. The fourth-order valence-electron chi connectivity index (χ4n) is 2.86. The van der Waals surface area contributed by atoms with E-state index in [-0.39, 0.29) is 6.10 Å². The largest absolute Gasteiger partial charge is 0.387 e. The smallest absolute Gasteiger partial charge is 0.0917 e. The van der Waals surface area contributed by atoms with E-state index < -0.39 is 0 Å². The predicted octanol–water partition coefficient (Wildman–Crippen LogP) is 4.41. The fraction of sp³-hybridized carbons (Fsp3) is 0.667. The highest BCUT2D eigenvalue weighted by atomic mass is 32.2. The maximum atomic E-state index is 10.5. The first-order chi connectivity index (χ1) is 10.2. The lowest BCUT2D eigenvalue weighted by Gasteiger charge is -2.28. The summed E-state index contributed by atoms with van der Waals surface area (Å²) >= 11 is 1.94. The summed E-state index contributed by atoms with van der Waals surface area (Å²) in [6, 6.07) is 6.46. The van der Waals surface area contributed by atoms with E-state index in [4.69, 9.17) is 0 Å². The van der Waals surface area contributed by atoms with Crippen LogP contribution in [0.15, 0.2) is 23.1 Å². The highest BCUT2D eigenvalue weighted by Crippen LogP contribution is 2.27. The molecule has 118 valence electrons. The topological polar surface area (TPSA) is 23.5 Å². The lowest BCUT2D eigenvalue weighted by atomic mass is 10.0. The van der Waals surface area contributed by atoms with E-state index in [1.54, 1.807) is 0 Å². The fourth-order valence-corrected chi connectivity index (χ4v) is 3.96. The van der Waals surface area contributed by atoms with Crippen LogP contribution < -0.4 is 0 Å². The molecule has 3 heteroatoms. The molecule has 1 saturated heterocycles. The maximum absolute atomic E-state index is 10.5. The standard InChI is InChI=1S/C18H29NOS/c1-3-4-12-21-18-9-8-16(13-15(18)2)17(20)14-19-10-6-5-7-11-19/h8-9,13,17,20H,3-7,10-12,14H2,1-2H3. The molecule has 1 aliphatic rings. The van der Waals surface area contributed by atoms with E-state index >= 15 is 0 Å². The Labute approximate surface area is 133 Å². The molecule has 1 aromatic rings. The number of aliphatic hydroxyl groups excluding tert-OH is 1. The normalized spacial score (nSPS) is 17.9. The molecule has 0 saturated carbocycles. The van der Waals surface area contributed by atoms with Crippen LogP contribution in [-0.4, -0.2) is 35.4 Å². The lowest BCUT2D eigenvalue weighted by molar-refractivity contribution is 0.101. The average Bonchev–Trinajstić information content (AvgIpc) is 2.50. The van der Waals surface area contributed by atoms with Crippen LogP contribution in [-0.2, 0) is 0 Å². The molecule has 0 aromatic heterocycles. The molecule has 1 aromatic carbocycles. The van der Waals surface area contributed by atoms with E-state index in [9.17, 15) is 5.11 Å². The van der Waals surface area contributed by atoms with Crippen LogP contribution in [0.4, 0.5) is 0 Å². The van der Waals surface area contributed by atoms with E-state index in [1.807, 2.05) is 11.8 Å². The molecule has 2 rings (SSSR count). The number of likely N-dealkylation sites (tertiary alicyclic amines) is 1. The Morgan fingerprint density at radius 1 is 1.24 bits per heavy atom. The van der Waals surface area contributed by atoms with Gasteiger partial charge in [-0.1, -0.05) is 31.9 Å².